The van der Waals surface area contributed by atoms with E-state index in [4.69, 9.17) is 0 Å². The van der Waals surface area contributed by atoms with E-state index in [1.54, 1.807) is 6.20 Å². The highest BCUT2D eigenvalue weighted by molar-refractivity contribution is 9.10. The molecule has 0 radical (unpaired) electrons. The van der Waals surface area contributed by atoms with Gasteiger partial charge in [-0.2, -0.15) is 5.10 Å². The second-order valence-corrected chi connectivity index (χ2v) is 6.06. The molecule has 0 aliphatic heterocycles. The van der Waals surface area contributed by atoms with E-state index >= 15 is 0 Å². The Hall–Kier alpha value is -0.880. The van der Waals surface area contributed by atoms with Crippen LogP contribution in [-0.2, 0) is 6.54 Å². The summed E-state index contributed by atoms with van der Waals surface area (Å²) in [6.07, 6.45) is 5.73. The molecule has 2 N–H and O–H groups in total. The number of aromatic nitrogens is 2. The zero-order valence-electron chi connectivity index (χ0n) is 11.2. The topological polar surface area (TPSA) is 67.2 Å². The van der Waals surface area contributed by atoms with Crippen LogP contribution in [0.3, 0.4) is 0 Å². The minimum absolute atomic E-state index is 0.0104. The number of aliphatic hydroxyl groups excluding tert-OH is 1. The third-order valence-electron chi connectivity index (χ3n) is 3.65. The summed E-state index contributed by atoms with van der Waals surface area (Å²) in [4.78, 5) is 12.1. The molecule has 6 heteroatoms. The van der Waals surface area contributed by atoms with Gasteiger partial charge in [0.1, 0.15) is 4.47 Å². The van der Waals surface area contributed by atoms with Crippen LogP contribution in [0.1, 0.15) is 32.6 Å². The fraction of sp³-hybridized carbons (Fsp3) is 0.692. The first-order valence-electron chi connectivity index (χ1n) is 6.72. The molecule has 5 nitrogen and oxygen atoms in total. The van der Waals surface area contributed by atoms with Crippen LogP contribution >= 0.6 is 15.9 Å². The summed E-state index contributed by atoms with van der Waals surface area (Å²) in [5.41, 5.74) is 0.612. The molecular weight excluding hydrogens is 310 g/mol. The number of halogens is 1. The molecule has 1 fully saturated rings. The summed E-state index contributed by atoms with van der Waals surface area (Å²) in [7, 11) is 0. The van der Waals surface area contributed by atoms with E-state index in [0.717, 1.165) is 25.7 Å². The van der Waals surface area contributed by atoms with E-state index in [-0.39, 0.29) is 17.6 Å². The summed E-state index contributed by atoms with van der Waals surface area (Å²) in [6, 6.07) is 0. The fourth-order valence-corrected chi connectivity index (χ4v) is 2.35. The Bertz CT molecular complexity index is 497. The van der Waals surface area contributed by atoms with Gasteiger partial charge in [-0.25, -0.2) is 4.68 Å². The van der Waals surface area contributed by atoms with Gasteiger partial charge in [0.2, 0.25) is 0 Å². The third kappa shape index (κ3) is 3.36. The minimum Gasteiger partial charge on any atom is -0.396 e. The molecular formula is C13H20BrN3O2. The predicted octanol–water partition coefficient (Wildman–Crippen LogP) is 1.99. The number of aryl methyl sites for hydroxylation is 1. The van der Waals surface area contributed by atoms with Gasteiger partial charge >= 0.3 is 0 Å². The Morgan fingerprint density at radius 3 is 2.89 bits per heavy atom. The highest BCUT2D eigenvalue weighted by Gasteiger charge is 2.41. The van der Waals surface area contributed by atoms with Crippen molar-refractivity contribution >= 4 is 21.6 Å². The minimum atomic E-state index is -0.104. The van der Waals surface area contributed by atoms with E-state index in [9.17, 15) is 9.90 Å². The standard InChI is InChI=1S/C13H20BrN3O2/c1-2-3-6-17-12(19)11(14)10(7-16-17)15-8-13(9-18)4-5-13/h7,15,18H,2-6,8-9H2,1H3. The molecule has 1 aromatic heterocycles. The Labute approximate surface area is 121 Å². The largest absolute Gasteiger partial charge is 0.396 e. The van der Waals surface area contributed by atoms with Gasteiger partial charge in [0.05, 0.1) is 18.5 Å². The summed E-state index contributed by atoms with van der Waals surface area (Å²) in [5, 5.41) is 16.6. The lowest BCUT2D eigenvalue weighted by Gasteiger charge is -2.15. The Morgan fingerprint density at radius 2 is 2.32 bits per heavy atom. The van der Waals surface area contributed by atoms with Gasteiger partial charge in [0.15, 0.2) is 0 Å². The monoisotopic (exact) mass is 329 g/mol. The fourth-order valence-electron chi connectivity index (χ4n) is 1.91. The van der Waals surface area contributed by atoms with Gasteiger partial charge in [0, 0.05) is 18.5 Å². The number of aliphatic hydroxyl groups is 1. The van der Waals surface area contributed by atoms with Crippen molar-refractivity contribution in [1.82, 2.24) is 9.78 Å². The molecule has 0 aromatic carbocycles. The Balaban J connectivity index is 2.06. The Morgan fingerprint density at radius 1 is 1.58 bits per heavy atom. The number of hydrogen-bond donors (Lipinski definition) is 2. The molecule has 1 heterocycles. The van der Waals surface area contributed by atoms with Gasteiger partial charge in [-0.05, 0) is 35.2 Å². The van der Waals surface area contributed by atoms with E-state index < -0.39 is 0 Å². The number of nitrogens with one attached hydrogen (secondary N) is 1. The van der Waals surface area contributed by atoms with Crippen molar-refractivity contribution < 1.29 is 5.11 Å². The maximum absolute atomic E-state index is 12.1. The van der Waals surface area contributed by atoms with Crippen LogP contribution < -0.4 is 10.9 Å². The molecule has 0 saturated heterocycles. The van der Waals surface area contributed by atoms with E-state index in [1.807, 2.05) is 0 Å². The lowest BCUT2D eigenvalue weighted by molar-refractivity contribution is 0.219. The zero-order chi connectivity index (χ0) is 13.9. The van der Waals surface area contributed by atoms with Crippen LogP contribution in [0.2, 0.25) is 0 Å². The number of rotatable bonds is 7. The van der Waals surface area contributed by atoms with Crippen molar-refractivity contribution in [1.29, 1.82) is 0 Å². The first-order valence-corrected chi connectivity index (χ1v) is 7.51. The van der Waals surface area contributed by atoms with Gasteiger partial charge < -0.3 is 10.4 Å². The average molecular weight is 330 g/mol. The van der Waals surface area contributed by atoms with E-state index in [0.29, 0.717) is 23.2 Å². The van der Waals surface area contributed by atoms with E-state index in [1.165, 1.54) is 4.68 Å². The van der Waals surface area contributed by atoms with Crippen LogP contribution in [0.25, 0.3) is 0 Å². The highest BCUT2D eigenvalue weighted by atomic mass is 79.9. The molecule has 1 aliphatic carbocycles. The van der Waals surface area contributed by atoms with Crippen molar-refractivity contribution in [3.63, 3.8) is 0 Å². The van der Waals surface area contributed by atoms with Crippen LogP contribution in [0, 0.1) is 5.41 Å². The maximum Gasteiger partial charge on any atom is 0.283 e. The summed E-state index contributed by atoms with van der Waals surface area (Å²) in [5.74, 6) is 0. The maximum atomic E-state index is 12.1. The quantitative estimate of drug-likeness (QED) is 0.802. The van der Waals surface area contributed by atoms with Crippen LogP contribution in [0.5, 0.6) is 0 Å². The predicted molar refractivity (Wildman–Crippen MR) is 78.3 cm³/mol. The SMILES string of the molecule is CCCCn1ncc(NCC2(CO)CC2)c(Br)c1=O. The second kappa shape index (κ2) is 6.05. The molecule has 0 atom stereocenters. The Kier molecular flexibility index (Phi) is 4.62. The number of anilines is 1. The smallest absolute Gasteiger partial charge is 0.283 e. The first kappa shape index (κ1) is 14.5. The average Bonchev–Trinajstić information content (AvgIpc) is 3.20. The van der Waals surface area contributed by atoms with Crippen LogP contribution in [0.15, 0.2) is 15.5 Å². The van der Waals surface area contributed by atoms with Crippen molar-refractivity contribution in [2.75, 3.05) is 18.5 Å². The molecule has 19 heavy (non-hydrogen) atoms. The van der Waals surface area contributed by atoms with Crippen LogP contribution in [-0.4, -0.2) is 28.0 Å². The van der Waals surface area contributed by atoms with Crippen molar-refractivity contribution in [2.24, 2.45) is 5.41 Å². The van der Waals surface area contributed by atoms with Gasteiger partial charge in [-0.15, -0.1) is 0 Å². The molecule has 106 valence electrons. The molecule has 0 unspecified atom stereocenters. The van der Waals surface area contributed by atoms with Crippen LogP contribution in [0.4, 0.5) is 5.69 Å². The summed E-state index contributed by atoms with van der Waals surface area (Å²) < 4.78 is 2.00. The second-order valence-electron chi connectivity index (χ2n) is 5.27. The van der Waals surface area contributed by atoms with Gasteiger partial charge in [0.25, 0.3) is 5.56 Å². The molecule has 1 saturated carbocycles. The van der Waals surface area contributed by atoms with Crippen molar-refractivity contribution in [3.05, 3.63) is 21.0 Å². The van der Waals surface area contributed by atoms with Gasteiger partial charge in [-0.1, -0.05) is 13.3 Å². The zero-order valence-corrected chi connectivity index (χ0v) is 12.7. The molecule has 0 bridgehead atoms. The number of hydrogen-bond acceptors (Lipinski definition) is 4. The molecule has 2 rings (SSSR count). The third-order valence-corrected chi connectivity index (χ3v) is 4.42. The molecule has 1 aliphatic rings. The van der Waals surface area contributed by atoms with E-state index in [2.05, 4.69) is 33.3 Å². The molecule has 0 amide bonds. The number of nitrogens with zero attached hydrogens (tertiary/aromatic N) is 2. The van der Waals surface area contributed by atoms with Crippen molar-refractivity contribution in [3.8, 4) is 0 Å². The van der Waals surface area contributed by atoms with Crippen molar-refractivity contribution in [2.45, 2.75) is 39.2 Å². The lowest BCUT2D eigenvalue weighted by Crippen LogP contribution is -2.26. The first-order chi connectivity index (χ1) is 9.12. The normalized spacial score (nSPS) is 16.4. The lowest BCUT2D eigenvalue weighted by atomic mass is 10.1. The molecule has 1 aromatic rings. The summed E-state index contributed by atoms with van der Waals surface area (Å²) >= 11 is 3.33. The van der Waals surface area contributed by atoms with Gasteiger partial charge in [-0.3, -0.25) is 4.79 Å². The highest BCUT2D eigenvalue weighted by Crippen LogP contribution is 2.45. The number of unbranched alkanes of at least 4 members (excludes halogenated alkanes) is 1. The molecule has 0 spiro atoms. The summed E-state index contributed by atoms with van der Waals surface area (Å²) in [6.45, 7) is 3.61.